The Balaban J connectivity index is 1.91. The minimum absolute atomic E-state index is 0.227. The van der Waals surface area contributed by atoms with E-state index in [9.17, 15) is 0 Å². The summed E-state index contributed by atoms with van der Waals surface area (Å²) in [6, 6.07) is 4.14. The van der Waals surface area contributed by atoms with Crippen molar-refractivity contribution >= 4 is 22.9 Å². The zero-order valence-electron chi connectivity index (χ0n) is 9.03. The van der Waals surface area contributed by atoms with Gasteiger partial charge in [0, 0.05) is 17.8 Å². The van der Waals surface area contributed by atoms with Crippen LogP contribution in [0, 0.1) is 6.92 Å². The molecule has 86 valence electrons. The normalized spacial score (nSPS) is 12.9. The van der Waals surface area contributed by atoms with E-state index < -0.39 is 0 Å². The molecule has 1 unspecified atom stereocenters. The second-order valence-corrected chi connectivity index (χ2v) is 5.21. The van der Waals surface area contributed by atoms with Crippen LogP contribution in [-0.4, -0.2) is 10.2 Å². The van der Waals surface area contributed by atoms with E-state index in [1.807, 2.05) is 12.1 Å². The van der Waals surface area contributed by atoms with Crippen LogP contribution in [-0.2, 0) is 6.54 Å². The molecule has 0 fully saturated rings. The standard InChI is InChI=1S/C10H12ClN3OS/c1-6(8-3-4-9(11)16-8)12-5-10-14-13-7(2)15-10/h3-4,6,12H,5H2,1-2H3. The lowest BCUT2D eigenvalue weighted by atomic mass is 10.3. The minimum Gasteiger partial charge on any atom is -0.424 e. The van der Waals surface area contributed by atoms with E-state index in [2.05, 4.69) is 22.4 Å². The van der Waals surface area contributed by atoms with Gasteiger partial charge in [-0.2, -0.15) is 0 Å². The molecule has 0 aliphatic rings. The van der Waals surface area contributed by atoms with Crippen molar-refractivity contribution in [2.24, 2.45) is 0 Å². The molecular formula is C10H12ClN3OS. The fourth-order valence-corrected chi connectivity index (χ4v) is 2.40. The molecule has 0 spiro atoms. The molecule has 16 heavy (non-hydrogen) atoms. The largest absolute Gasteiger partial charge is 0.424 e. The highest BCUT2D eigenvalue weighted by Crippen LogP contribution is 2.26. The second kappa shape index (κ2) is 4.95. The quantitative estimate of drug-likeness (QED) is 0.915. The van der Waals surface area contributed by atoms with Gasteiger partial charge in [0.05, 0.1) is 10.9 Å². The van der Waals surface area contributed by atoms with Gasteiger partial charge in [-0.3, -0.25) is 0 Å². The van der Waals surface area contributed by atoms with Crippen LogP contribution in [0.2, 0.25) is 4.34 Å². The van der Waals surface area contributed by atoms with Crippen molar-refractivity contribution in [3.63, 3.8) is 0 Å². The topological polar surface area (TPSA) is 51.0 Å². The fraction of sp³-hybridized carbons (Fsp3) is 0.400. The molecule has 6 heteroatoms. The van der Waals surface area contributed by atoms with Crippen LogP contribution in [0.3, 0.4) is 0 Å². The Kier molecular flexibility index (Phi) is 3.58. The Labute approximate surface area is 103 Å². The first-order valence-electron chi connectivity index (χ1n) is 4.93. The molecule has 2 aromatic rings. The third kappa shape index (κ3) is 2.81. The Hall–Kier alpha value is -0.910. The van der Waals surface area contributed by atoms with Crippen LogP contribution >= 0.6 is 22.9 Å². The molecule has 2 aromatic heterocycles. The molecule has 0 amide bonds. The zero-order valence-corrected chi connectivity index (χ0v) is 10.6. The molecule has 0 aliphatic heterocycles. The maximum absolute atomic E-state index is 5.87. The summed E-state index contributed by atoms with van der Waals surface area (Å²) in [6.45, 7) is 4.42. The van der Waals surface area contributed by atoms with Crippen molar-refractivity contribution in [1.29, 1.82) is 0 Å². The number of rotatable bonds is 4. The summed E-state index contributed by atoms with van der Waals surface area (Å²) in [7, 11) is 0. The average molecular weight is 258 g/mol. The van der Waals surface area contributed by atoms with E-state index in [0.29, 0.717) is 18.3 Å². The first kappa shape index (κ1) is 11.6. The van der Waals surface area contributed by atoms with E-state index in [0.717, 1.165) is 4.34 Å². The number of aromatic nitrogens is 2. The van der Waals surface area contributed by atoms with E-state index >= 15 is 0 Å². The molecule has 4 nitrogen and oxygen atoms in total. The lowest BCUT2D eigenvalue weighted by molar-refractivity contribution is 0.432. The molecule has 0 saturated carbocycles. The summed E-state index contributed by atoms with van der Waals surface area (Å²) in [6.07, 6.45) is 0. The lowest BCUT2D eigenvalue weighted by Gasteiger charge is -2.09. The van der Waals surface area contributed by atoms with Crippen LogP contribution in [0.15, 0.2) is 16.5 Å². The van der Waals surface area contributed by atoms with Gasteiger partial charge in [0.15, 0.2) is 0 Å². The molecule has 2 heterocycles. The molecule has 0 aliphatic carbocycles. The summed E-state index contributed by atoms with van der Waals surface area (Å²) < 4.78 is 6.07. The molecular weight excluding hydrogens is 246 g/mol. The van der Waals surface area contributed by atoms with Gasteiger partial charge in [0.2, 0.25) is 11.8 Å². The summed E-state index contributed by atoms with van der Waals surface area (Å²) in [5.41, 5.74) is 0. The third-order valence-corrected chi connectivity index (χ3v) is 3.56. The van der Waals surface area contributed by atoms with E-state index in [1.165, 1.54) is 4.88 Å². The minimum atomic E-state index is 0.227. The van der Waals surface area contributed by atoms with Crippen LogP contribution < -0.4 is 5.32 Å². The second-order valence-electron chi connectivity index (χ2n) is 3.46. The first-order valence-corrected chi connectivity index (χ1v) is 6.12. The maximum atomic E-state index is 5.87. The van der Waals surface area contributed by atoms with Gasteiger partial charge in [-0.1, -0.05) is 11.6 Å². The number of hydrogen-bond acceptors (Lipinski definition) is 5. The van der Waals surface area contributed by atoms with Crippen molar-refractivity contribution in [2.45, 2.75) is 26.4 Å². The van der Waals surface area contributed by atoms with Crippen molar-refractivity contribution < 1.29 is 4.42 Å². The predicted molar refractivity (Wildman–Crippen MR) is 63.6 cm³/mol. The fourth-order valence-electron chi connectivity index (χ4n) is 1.31. The van der Waals surface area contributed by atoms with E-state index in [1.54, 1.807) is 18.3 Å². The monoisotopic (exact) mass is 257 g/mol. The summed E-state index contributed by atoms with van der Waals surface area (Å²) >= 11 is 7.45. The van der Waals surface area contributed by atoms with Crippen LogP contribution in [0.25, 0.3) is 0 Å². The predicted octanol–water partition coefficient (Wildman–Crippen LogP) is 2.94. The van der Waals surface area contributed by atoms with E-state index in [-0.39, 0.29) is 6.04 Å². The molecule has 1 N–H and O–H groups in total. The Morgan fingerprint density at radius 3 is 2.88 bits per heavy atom. The van der Waals surface area contributed by atoms with Gasteiger partial charge >= 0.3 is 0 Å². The molecule has 0 aromatic carbocycles. The number of nitrogens with one attached hydrogen (secondary N) is 1. The first-order chi connectivity index (χ1) is 7.65. The number of nitrogens with zero attached hydrogens (tertiary/aromatic N) is 2. The SMILES string of the molecule is Cc1nnc(CNC(C)c2ccc(Cl)s2)o1. The number of thiophene rings is 1. The molecule has 1 atom stereocenters. The lowest BCUT2D eigenvalue weighted by Crippen LogP contribution is -2.17. The third-order valence-electron chi connectivity index (χ3n) is 2.15. The Morgan fingerprint density at radius 2 is 2.31 bits per heavy atom. The summed E-state index contributed by atoms with van der Waals surface area (Å²) in [5.74, 6) is 1.19. The van der Waals surface area contributed by atoms with E-state index in [4.69, 9.17) is 16.0 Å². The van der Waals surface area contributed by atoms with Crippen molar-refractivity contribution in [1.82, 2.24) is 15.5 Å². The zero-order chi connectivity index (χ0) is 11.5. The van der Waals surface area contributed by atoms with Crippen molar-refractivity contribution in [2.75, 3.05) is 0 Å². The highest BCUT2D eigenvalue weighted by Gasteiger charge is 2.09. The maximum Gasteiger partial charge on any atom is 0.230 e. The van der Waals surface area contributed by atoms with Crippen LogP contribution in [0.1, 0.15) is 29.6 Å². The molecule has 0 saturated heterocycles. The van der Waals surface area contributed by atoms with Gasteiger partial charge in [-0.15, -0.1) is 21.5 Å². The summed E-state index contributed by atoms with van der Waals surface area (Å²) in [5, 5.41) is 11.0. The van der Waals surface area contributed by atoms with Gasteiger partial charge < -0.3 is 9.73 Å². The van der Waals surface area contributed by atoms with Gasteiger partial charge in [-0.05, 0) is 19.1 Å². The Bertz CT molecular complexity index is 468. The Morgan fingerprint density at radius 1 is 1.50 bits per heavy atom. The summed E-state index contributed by atoms with van der Waals surface area (Å²) in [4.78, 5) is 1.20. The highest BCUT2D eigenvalue weighted by molar-refractivity contribution is 7.16. The number of hydrogen-bond donors (Lipinski definition) is 1. The van der Waals surface area contributed by atoms with Gasteiger partial charge in [0.25, 0.3) is 0 Å². The molecule has 0 bridgehead atoms. The van der Waals surface area contributed by atoms with Gasteiger partial charge in [0.1, 0.15) is 0 Å². The number of aryl methyl sites for hydroxylation is 1. The molecule has 2 rings (SSSR count). The average Bonchev–Trinajstić information content (AvgIpc) is 2.84. The smallest absolute Gasteiger partial charge is 0.230 e. The number of halogens is 1. The van der Waals surface area contributed by atoms with Crippen LogP contribution in [0.4, 0.5) is 0 Å². The van der Waals surface area contributed by atoms with Crippen molar-refractivity contribution in [3.05, 3.63) is 33.1 Å². The van der Waals surface area contributed by atoms with Gasteiger partial charge in [-0.25, -0.2) is 0 Å². The molecule has 0 radical (unpaired) electrons. The van der Waals surface area contributed by atoms with Crippen LogP contribution in [0.5, 0.6) is 0 Å². The highest BCUT2D eigenvalue weighted by atomic mass is 35.5. The van der Waals surface area contributed by atoms with Crippen molar-refractivity contribution in [3.8, 4) is 0 Å².